The Hall–Kier alpha value is -2.14. The van der Waals surface area contributed by atoms with Gasteiger partial charge in [-0.05, 0) is 30.2 Å². The first kappa shape index (κ1) is 17.3. The zero-order valence-corrected chi connectivity index (χ0v) is 15.0. The van der Waals surface area contributed by atoms with Gasteiger partial charge in [0, 0.05) is 32.7 Å². The number of carbonyl (C=O) groups is 2. The number of carboxylic acids is 1. The van der Waals surface area contributed by atoms with Crippen molar-refractivity contribution in [1.29, 1.82) is 0 Å². The third kappa shape index (κ3) is 3.28. The highest BCUT2D eigenvalue weighted by molar-refractivity contribution is 5.87. The van der Waals surface area contributed by atoms with E-state index in [0.29, 0.717) is 13.1 Å². The number of aliphatic carboxylic acids is 1. The van der Waals surface area contributed by atoms with Gasteiger partial charge in [-0.15, -0.1) is 0 Å². The number of piperazine rings is 1. The number of amides is 1. The first-order valence-electron chi connectivity index (χ1n) is 9.59. The van der Waals surface area contributed by atoms with Crippen molar-refractivity contribution in [2.45, 2.75) is 12.8 Å². The smallest absolute Gasteiger partial charge is 0.307 e. The maximum Gasteiger partial charge on any atom is 0.307 e. The van der Waals surface area contributed by atoms with Crippen LogP contribution in [0.4, 0.5) is 0 Å². The van der Waals surface area contributed by atoms with E-state index >= 15 is 0 Å². The minimum absolute atomic E-state index is 0.0404. The average Bonchev–Trinajstić information content (AvgIpc) is 3.28. The van der Waals surface area contributed by atoms with E-state index in [9.17, 15) is 14.7 Å². The third-order valence-corrected chi connectivity index (χ3v) is 6.27. The lowest BCUT2D eigenvalue weighted by atomic mass is 9.82. The summed E-state index contributed by atoms with van der Waals surface area (Å²) in [6, 6.07) is 10.5. The van der Waals surface area contributed by atoms with Crippen LogP contribution in [0.1, 0.15) is 12.0 Å². The van der Waals surface area contributed by atoms with Gasteiger partial charge in [0.25, 0.3) is 0 Å². The predicted molar refractivity (Wildman–Crippen MR) is 98.5 cm³/mol. The van der Waals surface area contributed by atoms with Crippen LogP contribution in [0.2, 0.25) is 0 Å². The topological polar surface area (TPSA) is 60.9 Å². The summed E-state index contributed by atoms with van der Waals surface area (Å²) in [5, 5.41) is 9.56. The largest absolute Gasteiger partial charge is 0.481 e. The summed E-state index contributed by atoms with van der Waals surface area (Å²) in [5.41, 5.74) is 1.34. The van der Waals surface area contributed by atoms with Crippen LogP contribution in [0.25, 0.3) is 0 Å². The summed E-state index contributed by atoms with van der Waals surface area (Å²) in [7, 11) is 0. The molecule has 1 N–H and O–H groups in total. The van der Waals surface area contributed by atoms with E-state index in [1.54, 1.807) is 0 Å². The molecule has 4 atom stereocenters. The number of carbonyl (C=O) groups excluding carboxylic acids is 1. The molecule has 1 aliphatic heterocycles. The Kier molecular flexibility index (Phi) is 4.81. The van der Waals surface area contributed by atoms with Crippen molar-refractivity contribution in [3.63, 3.8) is 0 Å². The Labute approximate surface area is 154 Å². The number of hydrogen-bond donors (Lipinski definition) is 1. The fourth-order valence-corrected chi connectivity index (χ4v) is 4.83. The molecule has 4 rings (SSSR count). The second-order valence-electron chi connectivity index (χ2n) is 7.74. The quantitative estimate of drug-likeness (QED) is 0.821. The minimum Gasteiger partial charge on any atom is -0.481 e. The summed E-state index contributed by atoms with van der Waals surface area (Å²) in [6.07, 6.45) is 5.90. The molecule has 26 heavy (non-hydrogen) atoms. The molecule has 5 heteroatoms. The van der Waals surface area contributed by atoms with Crippen LogP contribution in [-0.4, -0.2) is 59.5 Å². The lowest BCUT2D eigenvalue weighted by Crippen LogP contribution is -2.52. The van der Waals surface area contributed by atoms with Crippen molar-refractivity contribution in [2.75, 3.05) is 32.7 Å². The molecular formula is C21H26N2O3. The lowest BCUT2D eigenvalue weighted by molar-refractivity contribution is -0.151. The molecule has 138 valence electrons. The number of fused-ring (bicyclic) bond motifs is 2. The van der Waals surface area contributed by atoms with Gasteiger partial charge in [0.2, 0.25) is 5.91 Å². The molecule has 2 bridgehead atoms. The normalized spacial score (nSPS) is 30.7. The zero-order valence-electron chi connectivity index (χ0n) is 15.0. The Balaban J connectivity index is 1.31. The molecule has 1 saturated heterocycles. The van der Waals surface area contributed by atoms with E-state index in [1.165, 1.54) is 5.56 Å². The highest BCUT2D eigenvalue weighted by Crippen LogP contribution is 2.48. The van der Waals surface area contributed by atoms with Gasteiger partial charge in [0.05, 0.1) is 11.8 Å². The van der Waals surface area contributed by atoms with Crippen LogP contribution in [0.5, 0.6) is 0 Å². The minimum atomic E-state index is -0.818. The summed E-state index contributed by atoms with van der Waals surface area (Å²) < 4.78 is 0. The van der Waals surface area contributed by atoms with Crippen molar-refractivity contribution in [3.8, 4) is 0 Å². The van der Waals surface area contributed by atoms with Crippen LogP contribution in [0, 0.1) is 23.7 Å². The second kappa shape index (κ2) is 7.23. The Morgan fingerprint density at radius 2 is 1.62 bits per heavy atom. The monoisotopic (exact) mass is 354 g/mol. The maximum atomic E-state index is 13.0. The van der Waals surface area contributed by atoms with Crippen molar-refractivity contribution < 1.29 is 14.7 Å². The molecule has 3 aliphatic rings. The van der Waals surface area contributed by atoms with E-state index in [4.69, 9.17) is 0 Å². The van der Waals surface area contributed by atoms with Gasteiger partial charge in [-0.1, -0.05) is 42.5 Å². The van der Waals surface area contributed by atoms with Gasteiger partial charge in [0.1, 0.15) is 0 Å². The van der Waals surface area contributed by atoms with Crippen molar-refractivity contribution in [3.05, 3.63) is 48.0 Å². The molecule has 0 radical (unpaired) electrons. The maximum absolute atomic E-state index is 13.0. The van der Waals surface area contributed by atoms with Gasteiger partial charge in [-0.2, -0.15) is 0 Å². The number of benzene rings is 1. The molecule has 1 saturated carbocycles. The van der Waals surface area contributed by atoms with E-state index in [1.807, 2.05) is 17.0 Å². The molecular weight excluding hydrogens is 328 g/mol. The first-order valence-corrected chi connectivity index (χ1v) is 9.59. The van der Waals surface area contributed by atoms with Crippen molar-refractivity contribution in [1.82, 2.24) is 9.80 Å². The van der Waals surface area contributed by atoms with Gasteiger partial charge < -0.3 is 10.0 Å². The Morgan fingerprint density at radius 3 is 2.27 bits per heavy atom. The fraction of sp³-hybridized carbons (Fsp3) is 0.524. The molecule has 1 heterocycles. The standard InChI is InChI=1S/C21H26N2O3/c24-20(18-16-6-7-17(14-16)19(18)21(25)26)23-12-10-22(11-13-23)9-8-15-4-2-1-3-5-15/h1-7,16-19H,8-14H2,(H,25,26)/t16-,17-,18-,19+/m0/s1. The second-order valence-corrected chi connectivity index (χ2v) is 7.74. The van der Waals surface area contributed by atoms with Gasteiger partial charge in [0.15, 0.2) is 0 Å². The van der Waals surface area contributed by atoms with Gasteiger partial charge in [-0.3, -0.25) is 14.5 Å². The van der Waals surface area contributed by atoms with Crippen LogP contribution in [0.15, 0.2) is 42.5 Å². The predicted octanol–water partition coefficient (Wildman–Crippen LogP) is 1.90. The van der Waals surface area contributed by atoms with Crippen LogP contribution in [-0.2, 0) is 16.0 Å². The van der Waals surface area contributed by atoms with Crippen molar-refractivity contribution >= 4 is 11.9 Å². The van der Waals surface area contributed by atoms with E-state index in [-0.39, 0.29) is 23.7 Å². The molecule has 5 nitrogen and oxygen atoms in total. The van der Waals surface area contributed by atoms with E-state index in [2.05, 4.69) is 35.2 Å². The zero-order chi connectivity index (χ0) is 18.1. The molecule has 1 aromatic carbocycles. The Morgan fingerprint density at radius 1 is 0.962 bits per heavy atom. The third-order valence-electron chi connectivity index (χ3n) is 6.27. The van der Waals surface area contributed by atoms with Crippen LogP contribution >= 0.6 is 0 Å². The number of rotatable bonds is 5. The summed E-state index contributed by atoms with van der Waals surface area (Å²) >= 11 is 0. The summed E-state index contributed by atoms with van der Waals surface area (Å²) in [4.78, 5) is 28.9. The molecule has 1 aromatic rings. The molecule has 0 unspecified atom stereocenters. The number of nitrogens with zero attached hydrogens (tertiary/aromatic N) is 2. The van der Waals surface area contributed by atoms with Crippen LogP contribution in [0.3, 0.4) is 0 Å². The average molecular weight is 354 g/mol. The first-order chi connectivity index (χ1) is 12.6. The molecule has 2 aliphatic carbocycles. The van der Waals surface area contributed by atoms with Crippen molar-refractivity contribution in [2.24, 2.45) is 23.7 Å². The molecule has 0 spiro atoms. The number of hydrogen-bond acceptors (Lipinski definition) is 3. The molecule has 0 aromatic heterocycles. The van der Waals surface area contributed by atoms with Crippen LogP contribution < -0.4 is 0 Å². The fourth-order valence-electron chi connectivity index (χ4n) is 4.83. The molecule has 1 amide bonds. The van der Waals surface area contributed by atoms with Gasteiger partial charge in [-0.25, -0.2) is 0 Å². The SMILES string of the molecule is O=C(O)[C@H]1[C@@H](C(=O)N2CCN(CCc3ccccc3)CC2)[C@H]2C=C[C@H]1C2. The van der Waals surface area contributed by atoms with E-state index in [0.717, 1.165) is 32.5 Å². The summed E-state index contributed by atoms with van der Waals surface area (Å²) in [5.74, 6) is -1.51. The Bertz CT molecular complexity index is 694. The number of allylic oxidation sites excluding steroid dienone is 2. The summed E-state index contributed by atoms with van der Waals surface area (Å²) in [6.45, 7) is 4.15. The lowest BCUT2D eigenvalue weighted by Gasteiger charge is -2.37. The number of carboxylic acid groups (broad SMARTS) is 1. The highest BCUT2D eigenvalue weighted by atomic mass is 16.4. The highest BCUT2D eigenvalue weighted by Gasteiger charge is 2.52. The van der Waals surface area contributed by atoms with E-state index < -0.39 is 11.9 Å². The molecule has 2 fully saturated rings. The van der Waals surface area contributed by atoms with Gasteiger partial charge >= 0.3 is 5.97 Å².